The van der Waals surface area contributed by atoms with Crippen molar-refractivity contribution >= 4 is 34.6 Å². The van der Waals surface area contributed by atoms with Gasteiger partial charge in [-0.05, 0) is 87.6 Å². The highest BCUT2D eigenvalue weighted by Crippen LogP contribution is 2.25. The Morgan fingerprint density at radius 3 is 2.17 bits per heavy atom. The summed E-state index contributed by atoms with van der Waals surface area (Å²) in [5.74, 6) is 1.52. The van der Waals surface area contributed by atoms with Gasteiger partial charge in [-0.2, -0.15) is 0 Å². The number of fused-ring (bicyclic) bond motifs is 1. The van der Waals surface area contributed by atoms with Crippen molar-refractivity contribution in [3.8, 4) is 11.4 Å². The molecule has 3 amide bonds. The molecule has 2 aliphatic heterocycles. The summed E-state index contributed by atoms with van der Waals surface area (Å²) in [4.78, 5) is 36.8. The molecule has 42 heavy (non-hydrogen) atoms. The second-order valence-corrected chi connectivity index (χ2v) is 10.9. The predicted octanol–water partition coefficient (Wildman–Crippen LogP) is 4.04. The van der Waals surface area contributed by atoms with E-state index in [1.54, 1.807) is 24.3 Å². The molecular weight excluding hydrogens is 532 g/mol. The molecule has 2 fully saturated rings. The van der Waals surface area contributed by atoms with E-state index in [0.717, 1.165) is 55.9 Å². The van der Waals surface area contributed by atoms with E-state index >= 15 is 0 Å². The van der Waals surface area contributed by atoms with Crippen molar-refractivity contribution in [1.29, 1.82) is 0 Å². The van der Waals surface area contributed by atoms with Gasteiger partial charge in [0.05, 0.1) is 13.2 Å². The molecule has 11 heteroatoms. The number of carbonyl (C=O) groups is 2. The van der Waals surface area contributed by atoms with Gasteiger partial charge in [0.2, 0.25) is 0 Å². The van der Waals surface area contributed by atoms with Gasteiger partial charge in [-0.25, -0.2) is 14.3 Å². The number of ether oxygens (including phenoxy) is 1. The molecule has 0 bridgehead atoms. The Bertz CT molecular complexity index is 1540. The zero-order valence-corrected chi connectivity index (χ0v) is 24.0. The lowest BCUT2D eigenvalue weighted by atomic mass is 10.0. The van der Waals surface area contributed by atoms with Gasteiger partial charge in [0, 0.05) is 60.9 Å². The van der Waals surface area contributed by atoms with Crippen LogP contribution < -0.4 is 15.5 Å². The highest BCUT2D eigenvalue weighted by molar-refractivity contribution is 6.00. The van der Waals surface area contributed by atoms with Gasteiger partial charge in [0.15, 0.2) is 11.6 Å². The van der Waals surface area contributed by atoms with Gasteiger partial charge in [-0.1, -0.05) is 0 Å². The molecule has 2 aromatic carbocycles. The maximum Gasteiger partial charge on any atom is 0.323 e. The van der Waals surface area contributed by atoms with Gasteiger partial charge in [-0.15, -0.1) is 5.10 Å². The van der Waals surface area contributed by atoms with Crippen LogP contribution in [-0.4, -0.2) is 95.9 Å². The van der Waals surface area contributed by atoms with Gasteiger partial charge < -0.3 is 30.1 Å². The van der Waals surface area contributed by atoms with Crippen LogP contribution in [0.15, 0.2) is 66.9 Å². The third-order valence-corrected chi connectivity index (χ3v) is 7.95. The van der Waals surface area contributed by atoms with Crippen LogP contribution in [0, 0.1) is 0 Å². The molecule has 2 aromatic heterocycles. The minimum absolute atomic E-state index is 0.0280. The van der Waals surface area contributed by atoms with E-state index in [2.05, 4.69) is 39.6 Å². The molecule has 2 aliphatic rings. The summed E-state index contributed by atoms with van der Waals surface area (Å²) in [6, 6.07) is 18.6. The van der Waals surface area contributed by atoms with E-state index in [9.17, 15) is 9.59 Å². The fourth-order valence-electron chi connectivity index (χ4n) is 5.51. The van der Waals surface area contributed by atoms with Gasteiger partial charge >= 0.3 is 6.03 Å². The Hall–Kier alpha value is -4.48. The van der Waals surface area contributed by atoms with Crippen LogP contribution in [0.25, 0.3) is 16.9 Å². The maximum atomic E-state index is 12.9. The quantitative estimate of drug-likeness (QED) is 0.362. The molecule has 0 saturated carbocycles. The number of nitrogens with one attached hydrogen (secondary N) is 2. The first-order chi connectivity index (χ1) is 20.4. The largest absolute Gasteiger partial charge is 0.378 e. The van der Waals surface area contributed by atoms with Crippen LogP contribution in [0.4, 0.5) is 22.0 Å². The molecule has 0 aliphatic carbocycles. The smallest absolute Gasteiger partial charge is 0.323 e. The zero-order chi connectivity index (χ0) is 29.1. The summed E-state index contributed by atoms with van der Waals surface area (Å²) in [5, 5.41) is 10.4. The number of rotatable bonds is 6. The number of amides is 3. The first kappa shape index (κ1) is 27.7. The third kappa shape index (κ3) is 6.07. The average molecular weight is 569 g/mol. The monoisotopic (exact) mass is 568 g/mol. The number of hydrogen-bond donors (Lipinski definition) is 2. The van der Waals surface area contributed by atoms with E-state index < -0.39 is 0 Å². The molecule has 11 nitrogen and oxygen atoms in total. The Morgan fingerprint density at radius 1 is 0.881 bits per heavy atom. The van der Waals surface area contributed by atoms with Crippen LogP contribution >= 0.6 is 0 Å². The number of nitrogens with zero attached hydrogens (tertiary/aromatic N) is 6. The fourth-order valence-corrected chi connectivity index (χ4v) is 5.51. The molecule has 0 atom stereocenters. The average Bonchev–Trinajstić information content (AvgIpc) is 3.50. The number of carbonyl (C=O) groups excluding carboxylic acids is 2. The number of anilines is 3. The van der Waals surface area contributed by atoms with Gasteiger partial charge in [0.1, 0.15) is 5.52 Å². The minimum atomic E-state index is -0.368. The fraction of sp³-hybridized carbons (Fsp3) is 0.355. The van der Waals surface area contributed by atoms with Crippen molar-refractivity contribution in [2.75, 3.05) is 69.0 Å². The third-order valence-electron chi connectivity index (χ3n) is 7.95. The van der Waals surface area contributed by atoms with E-state index in [1.165, 1.54) is 0 Å². The second-order valence-electron chi connectivity index (χ2n) is 10.9. The molecule has 2 saturated heterocycles. The van der Waals surface area contributed by atoms with Crippen molar-refractivity contribution in [2.24, 2.45) is 0 Å². The number of aromatic nitrogens is 3. The molecule has 6 rings (SSSR count). The molecule has 2 N–H and O–H groups in total. The summed E-state index contributed by atoms with van der Waals surface area (Å²) in [6.07, 6.45) is 3.87. The highest BCUT2D eigenvalue weighted by Gasteiger charge is 2.24. The first-order valence-electron chi connectivity index (χ1n) is 14.4. The number of benzene rings is 2. The van der Waals surface area contributed by atoms with Crippen LogP contribution in [0.3, 0.4) is 0 Å². The van der Waals surface area contributed by atoms with E-state index in [0.29, 0.717) is 42.0 Å². The van der Waals surface area contributed by atoms with Gasteiger partial charge in [0.25, 0.3) is 5.91 Å². The lowest BCUT2D eigenvalue weighted by Gasteiger charge is -2.35. The zero-order valence-electron chi connectivity index (χ0n) is 24.0. The summed E-state index contributed by atoms with van der Waals surface area (Å²) in [7, 11) is 4.17. The Kier molecular flexibility index (Phi) is 8.02. The minimum Gasteiger partial charge on any atom is -0.378 e. The Labute approximate surface area is 245 Å². The molecule has 0 spiro atoms. The summed E-state index contributed by atoms with van der Waals surface area (Å²) in [5.41, 5.74) is 3.67. The molecule has 218 valence electrons. The first-order valence-corrected chi connectivity index (χ1v) is 14.4. The lowest BCUT2D eigenvalue weighted by molar-refractivity contribution is 0.0663. The summed E-state index contributed by atoms with van der Waals surface area (Å²) < 4.78 is 7.36. The molecule has 0 radical (unpaired) electrons. The number of morpholine rings is 1. The lowest BCUT2D eigenvalue weighted by Crippen LogP contribution is -2.44. The molecule has 0 unspecified atom stereocenters. The maximum absolute atomic E-state index is 12.9. The van der Waals surface area contributed by atoms with E-state index in [-0.39, 0.29) is 11.9 Å². The standard InChI is InChI=1S/C31H36N8O3/c1-36(2)26-13-16-38(17-14-26)30(40)23-7-11-25(12-8-23)33-31(41)32-24-9-5-22(6-10-24)28-34-29(37-18-20-42-21-19-37)27-4-3-15-39(27)35-28/h3-12,15,26H,13-14,16-21H2,1-2H3,(H2,32,33,41). The summed E-state index contributed by atoms with van der Waals surface area (Å²) in [6.45, 7) is 4.42. The van der Waals surface area contributed by atoms with Crippen LogP contribution in [-0.2, 0) is 4.74 Å². The van der Waals surface area contributed by atoms with Crippen molar-refractivity contribution in [1.82, 2.24) is 24.4 Å². The van der Waals surface area contributed by atoms with Crippen LogP contribution in [0.2, 0.25) is 0 Å². The van der Waals surface area contributed by atoms with Crippen molar-refractivity contribution in [2.45, 2.75) is 18.9 Å². The normalized spacial score (nSPS) is 16.2. The molecule has 4 heterocycles. The van der Waals surface area contributed by atoms with Crippen LogP contribution in [0.5, 0.6) is 0 Å². The van der Waals surface area contributed by atoms with E-state index in [4.69, 9.17) is 9.72 Å². The Morgan fingerprint density at radius 2 is 1.52 bits per heavy atom. The number of urea groups is 1. The highest BCUT2D eigenvalue weighted by atomic mass is 16.5. The number of piperidine rings is 1. The SMILES string of the molecule is CN(C)C1CCN(C(=O)c2ccc(NC(=O)Nc3ccc(-c4nc(N5CCOCC5)c5cccn5n4)cc3)cc2)CC1. The predicted molar refractivity (Wildman–Crippen MR) is 163 cm³/mol. The Balaban J connectivity index is 1.06. The molecular formula is C31H36N8O3. The van der Waals surface area contributed by atoms with E-state index in [1.807, 2.05) is 52.0 Å². The van der Waals surface area contributed by atoms with Crippen LogP contribution in [0.1, 0.15) is 23.2 Å². The molecule has 4 aromatic rings. The summed E-state index contributed by atoms with van der Waals surface area (Å²) >= 11 is 0. The number of likely N-dealkylation sites (tertiary alicyclic amines) is 1. The van der Waals surface area contributed by atoms with Crippen molar-refractivity contribution in [3.63, 3.8) is 0 Å². The van der Waals surface area contributed by atoms with Crippen molar-refractivity contribution < 1.29 is 14.3 Å². The second kappa shape index (κ2) is 12.2. The topological polar surface area (TPSA) is 107 Å². The van der Waals surface area contributed by atoms with Gasteiger partial charge in [-0.3, -0.25) is 4.79 Å². The number of hydrogen-bond acceptors (Lipinski definition) is 7. The van der Waals surface area contributed by atoms with Crippen molar-refractivity contribution in [3.05, 3.63) is 72.4 Å².